The number of piperidine rings is 2. The number of hydrogen-bond donors (Lipinski definition) is 6. The summed E-state index contributed by atoms with van der Waals surface area (Å²) in [5.41, 5.74) is -1.36. The molecule has 4 atom stereocenters. The summed E-state index contributed by atoms with van der Waals surface area (Å²) >= 11 is 0. The topological polar surface area (TPSA) is 138 Å². The molecule has 6 N–H and O–H groups in total. The van der Waals surface area contributed by atoms with Gasteiger partial charge in [0, 0.05) is 76.8 Å². The van der Waals surface area contributed by atoms with Gasteiger partial charge in [-0.15, -0.1) is 0 Å². The quantitative estimate of drug-likeness (QED) is 0.102. The van der Waals surface area contributed by atoms with Gasteiger partial charge in [-0.25, -0.2) is 18.4 Å². The van der Waals surface area contributed by atoms with Crippen LogP contribution in [0.25, 0.3) is 0 Å². The highest BCUT2D eigenvalue weighted by Crippen LogP contribution is 2.40. The SMILES string of the molecule is CNC[C@H](CC1CCCCC1)NC(=O)N1CCCCC1.CNC[C@H](CC1CCCCC1)NC(=O)N1CCC[C@@H]([C@@](O)(CCCNC(C)=O)c2cc(F)cc(F)c2)C1. The molecule has 57 heavy (non-hydrogen) atoms. The Bertz CT molecular complexity index is 1340. The lowest BCUT2D eigenvalue weighted by atomic mass is 9.74. The van der Waals surface area contributed by atoms with Crippen LogP contribution in [0.5, 0.6) is 0 Å². The highest BCUT2D eigenvalue weighted by molar-refractivity contribution is 5.75. The van der Waals surface area contributed by atoms with Crippen LogP contribution in [0.3, 0.4) is 0 Å². The van der Waals surface area contributed by atoms with Gasteiger partial charge in [0.2, 0.25) is 5.91 Å². The zero-order valence-corrected chi connectivity index (χ0v) is 35.3. The molecule has 5 amide bonds. The molecule has 0 unspecified atom stereocenters. The standard InChI is InChI=1S/C28H44F2N4O3.C16H31N3O/c1-20(35)32-12-7-11-28(37,23-15-24(29)17-25(30)16-23)22-10-6-13-34(19-22)27(36)33-26(18-31-2)14-21-8-4-3-5-9-21;1-17-13-15(12-14-8-4-2-5-9-14)18-16(20)19-10-6-3-7-11-19/h15-17,21-22,26,31,37H,3-14,18-19H2,1-2H3,(H,32,35)(H,33,36);14-15,17H,2-13H2,1H3,(H,18,20)/t22-,26+,28+;15-/m10/s1. The van der Waals surface area contributed by atoms with E-state index < -0.39 is 23.2 Å². The van der Waals surface area contributed by atoms with Crippen molar-refractivity contribution in [1.29, 1.82) is 0 Å². The number of likely N-dealkylation sites (N-methyl/N-ethyl adjacent to an activating group) is 2. The monoisotopic (exact) mass is 804 g/mol. The Morgan fingerprint density at radius 1 is 0.719 bits per heavy atom. The van der Waals surface area contributed by atoms with Gasteiger partial charge in [-0.05, 0) is 101 Å². The number of benzene rings is 1. The Labute approximate surface area is 341 Å². The number of carbonyl (C=O) groups is 3. The third kappa shape index (κ3) is 15.9. The maximum atomic E-state index is 14.1. The zero-order chi connectivity index (χ0) is 41.0. The number of likely N-dealkylation sites (tertiary alicyclic amines) is 2. The fourth-order valence-electron chi connectivity index (χ4n) is 9.72. The van der Waals surface area contributed by atoms with Gasteiger partial charge in [0.15, 0.2) is 0 Å². The summed E-state index contributed by atoms with van der Waals surface area (Å²) in [5, 5.41) is 27.5. The molecule has 1 aromatic rings. The number of aliphatic hydroxyl groups is 1. The number of nitrogens with zero attached hydrogens (tertiary/aromatic N) is 2. The van der Waals surface area contributed by atoms with Crippen molar-refractivity contribution >= 4 is 18.0 Å². The van der Waals surface area contributed by atoms with E-state index in [1.165, 1.54) is 89.7 Å². The van der Waals surface area contributed by atoms with E-state index in [0.29, 0.717) is 44.8 Å². The van der Waals surface area contributed by atoms with Gasteiger partial charge >= 0.3 is 12.1 Å². The molecule has 2 aliphatic carbocycles. The molecule has 0 spiro atoms. The van der Waals surface area contributed by atoms with Crippen molar-refractivity contribution in [2.75, 3.05) is 59.9 Å². The number of rotatable bonds is 16. The van der Waals surface area contributed by atoms with Crippen LogP contribution in [-0.2, 0) is 10.4 Å². The Balaban J connectivity index is 0.000000302. The molecule has 5 rings (SSSR count). The average molecular weight is 804 g/mol. The molecule has 1 aromatic carbocycles. The summed E-state index contributed by atoms with van der Waals surface area (Å²) in [4.78, 5) is 40.6. The van der Waals surface area contributed by atoms with E-state index in [2.05, 4.69) is 26.6 Å². The van der Waals surface area contributed by atoms with Crippen molar-refractivity contribution in [3.63, 3.8) is 0 Å². The summed E-state index contributed by atoms with van der Waals surface area (Å²) < 4.78 is 28.3. The molecule has 2 heterocycles. The largest absolute Gasteiger partial charge is 0.385 e. The molecular formula is C44H75F2N7O4. The first-order valence-corrected chi connectivity index (χ1v) is 22.3. The number of hydrogen-bond acceptors (Lipinski definition) is 6. The smallest absolute Gasteiger partial charge is 0.317 e. The number of amides is 5. The molecule has 324 valence electrons. The predicted molar refractivity (Wildman–Crippen MR) is 223 cm³/mol. The minimum atomic E-state index is -1.53. The van der Waals surface area contributed by atoms with Gasteiger partial charge in [0.1, 0.15) is 11.6 Å². The molecule has 4 fully saturated rings. The minimum absolute atomic E-state index is 0.0230. The first-order chi connectivity index (χ1) is 27.5. The van der Waals surface area contributed by atoms with Gasteiger partial charge < -0.3 is 41.5 Å². The Hall–Kier alpha value is -3.03. The van der Waals surface area contributed by atoms with Gasteiger partial charge in [-0.1, -0.05) is 64.2 Å². The fourth-order valence-corrected chi connectivity index (χ4v) is 9.72. The van der Waals surface area contributed by atoms with Gasteiger partial charge in [-0.3, -0.25) is 4.79 Å². The second-order valence-corrected chi connectivity index (χ2v) is 17.4. The number of nitrogens with one attached hydrogen (secondary N) is 5. The van der Waals surface area contributed by atoms with Crippen LogP contribution in [0.15, 0.2) is 18.2 Å². The third-order valence-corrected chi connectivity index (χ3v) is 12.7. The first kappa shape index (κ1) is 46.7. The first-order valence-electron chi connectivity index (χ1n) is 22.3. The maximum Gasteiger partial charge on any atom is 0.317 e. The second-order valence-electron chi connectivity index (χ2n) is 17.4. The molecule has 4 aliphatic rings. The van der Waals surface area contributed by atoms with Crippen LogP contribution in [0.4, 0.5) is 18.4 Å². The maximum absolute atomic E-state index is 14.1. The van der Waals surface area contributed by atoms with Gasteiger partial charge in [-0.2, -0.15) is 0 Å². The lowest BCUT2D eigenvalue weighted by Gasteiger charge is -2.43. The molecular weight excluding hydrogens is 729 g/mol. The lowest BCUT2D eigenvalue weighted by Crippen LogP contribution is -2.54. The van der Waals surface area contributed by atoms with E-state index >= 15 is 0 Å². The van der Waals surface area contributed by atoms with Crippen molar-refractivity contribution in [3.8, 4) is 0 Å². The molecule has 0 radical (unpaired) electrons. The molecule has 13 heteroatoms. The number of urea groups is 2. The van der Waals surface area contributed by atoms with E-state index in [9.17, 15) is 28.3 Å². The van der Waals surface area contributed by atoms with Crippen molar-refractivity contribution in [3.05, 3.63) is 35.4 Å². The molecule has 11 nitrogen and oxygen atoms in total. The third-order valence-electron chi connectivity index (χ3n) is 12.7. The van der Waals surface area contributed by atoms with Crippen molar-refractivity contribution in [1.82, 2.24) is 36.4 Å². The predicted octanol–water partition coefficient (Wildman–Crippen LogP) is 6.79. The normalized spacial score (nSPS) is 21.7. The molecule has 2 saturated carbocycles. The highest BCUT2D eigenvalue weighted by Gasteiger charge is 2.42. The fraction of sp³-hybridized carbons (Fsp3) is 0.795. The Morgan fingerprint density at radius 3 is 1.72 bits per heavy atom. The van der Waals surface area contributed by atoms with E-state index in [4.69, 9.17) is 0 Å². The Kier molecular flexibility index (Phi) is 20.3. The summed E-state index contributed by atoms with van der Waals surface area (Å²) in [5.74, 6) is -0.643. The second kappa shape index (κ2) is 24.8. The van der Waals surface area contributed by atoms with E-state index in [0.717, 1.165) is 57.3 Å². The minimum Gasteiger partial charge on any atom is -0.385 e. The summed E-state index contributed by atoms with van der Waals surface area (Å²) in [6.45, 7) is 6.06. The summed E-state index contributed by atoms with van der Waals surface area (Å²) in [6, 6.07) is 3.44. The van der Waals surface area contributed by atoms with Crippen molar-refractivity contribution in [2.45, 2.75) is 147 Å². The molecule has 2 saturated heterocycles. The average Bonchev–Trinajstić information content (AvgIpc) is 3.20. The van der Waals surface area contributed by atoms with E-state index in [1.54, 1.807) is 4.90 Å². The van der Waals surface area contributed by atoms with Crippen LogP contribution in [0.2, 0.25) is 0 Å². The van der Waals surface area contributed by atoms with Crippen LogP contribution < -0.4 is 26.6 Å². The van der Waals surface area contributed by atoms with E-state index in [-0.39, 0.29) is 48.6 Å². The lowest BCUT2D eigenvalue weighted by molar-refractivity contribution is -0.119. The summed E-state index contributed by atoms with van der Waals surface area (Å²) in [6.07, 6.45) is 20.7. The van der Waals surface area contributed by atoms with Gasteiger partial charge in [0.05, 0.1) is 5.60 Å². The van der Waals surface area contributed by atoms with Crippen LogP contribution in [0.1, 0.15) is 134 Å². The van der Waals surface area contributed by atoms with E-state index in [1.807, 2.05) is 19.0 Å². The van der Waals surface area contributed by atoms with Gasteiger partial charge in [0.25, 0.3) is 0 Å². The van der Waals surface area contributed by atoms with Crippen LogP contribution in [0, 0.1) is 29.4 Å². The Morgan fingerprint density at radius 2 is 1.21 bits per heavy atom. The van der Waals surface area contributed by atoms with Crippen molar-refractivity contribution < 1.29 is 28.3 Å². The van der Waals surface area contributed by atoms with Crippen LogP contribution >= 0.6 is 0 Å². The zero-order valence-electron chi connectivity index (χ0n) is 35.3. The number of halogens is 2. The summed E-state index contributed by atoms with van der Waals surface area (Å²) in [7, 11) is 3.86. The van der Waals surface area contributed by atoms with Crippen LogP contribution in [-0.4, -0.2) is 105 Å². The molecule has 0 aromatic heterocycles. The highest BCUT2D eigenvalue weighted by atomic mass is 19.1. The molecule has 2 aliphatic heterocycles. The number of carbonyl (C=O) groups excluding carboxylic acids is 3. The van der Waals surface area contributed by atoms with Crippen molar-refractivity contribution in [2.24, 2.45) is 17.8 Å². The molecule has 0 bridgehead atoms.